The third-order valence-electron chi connectivity index (χ3n) is 5.66. The van der Waals surface area contributed by atoms with Crippen LogP contribution in [-0.2, 0) is 11.8 Å². The maximum Gasteiger partial charge on any atom is 0.138 e. The van der Waals surface area contributed by atoms with Gasteiger partial charge in [-0.05, 0) is 46.4 Å². The number of aryl methyl sites for hydroxylation is 1. The quantitative estimate of drug-likeness (QED) is 0.393. The van der Waals surface area contributed by atoms with E-state index in [4.69, 9.17) is 4.42 Å². The van der Waals surface area contributed by atoms with E-state index in [-0.39, 0.29) is 5.41 Å². The number of hydrogen-bond acceptors (Lipinski definition) is 1. The van der Waals surface area contributed by atoms with Crippen molar-refractivity contribution in [2.75, 3.05) is 0 Å². The van der Waals surface area contributed by atoms with Gasteiger partial charge in [0.25, 0.3) is 0 Å². The summed E-state index contributed by atoms with van der Waals surface area (Å²) < 4.78 is 6.29. The molecule has 1 nitrogen and oxygen atoms in total. The molecule has 0 fully saturated rings. The first kappa shape index (κ1) is 13.9. The average Bonchev–Trinajstić information content (AvgIpc) is 3.07. The van der Waals surface area contributed by atoms with Gasteiger partial charge < -0.3 is 4.42 Å². The van der Waals surface area contributed by atoms with Crippen molar-refractivity contribution >= 4 is 21.9 Å². The van der Waals surface area contributed by atoms with Crippen molar-refractivity contribution in [1.82, 2.24) is 0 Å². The highest BCUT2D eigenvalue weighted by Gasteiger charge is 2.35. The predicted molar refractivity (Wildman–Crippen MR) is 101 cm³/mol. The molecule has 5 rings (SSSR count). The predicted octanol–water partition coefficient (Wildman–Crippen LogP) is 6.45. The molecule has 0 spiro atoms. The van der Waals surface area contributed by atoms with Gasteiger partial charge in [0, 0.05) is 16.2 Å². The van der Waals surface area contributed by atoms with Gasteiger partial charge in [-0.15, -0.1) is 0 Å². The third kappa shape index (κ3) is 1.60. The zero-order chi connectivity index (χ0) is 16.5. The summed E-state index contributed by atoms with van der Waals surface area (Å²) in [6, 6.07) is 19.9. The van der Waals surface area contributed by atoms with Crippen LogP contribution >= 0.6 is 0 Å². The van der Waals surface area contributed by atoms with Gasteiger partial charge >= 0.3 is 0 Å². The summed E-state index contributed by atoms with van der Waals surface area (Å²) in [7, 11) is 0. The lowest BCUT2D eigenvalue weighted by molar-refractivity contribution is 0.645. The molecule has 0 N–H and O–H groups in total. The van der Waals surface area contributed by atoms with Crippen molar-refractivity contribution in [3.05, 3.63) is 71.3 Å². The van der Waals surface area contributed by atoms with Crippen molar-refractivity contribution in [1.29, 1.82) is 0 Å². The van der Waals surface area contributed by atoms with E-state index in [2.05, 4.69) is 75.4 Å². The molecule has 0 amide bonds. The highest BCUT2D eigenvalue weighted by molar-refractivity contribution is 6.08. The molecule has 1 heteroatoms. The van der Waals surface area contributed by atoms with Crippen molar-refractivity contribution in [3.8, 4) is 11.1 Å². The van der Waals surface area contributed by atoms with Crippen LogP contribution in [0.15, 0.2) is 59.0 Å². The number of benzene rings is 3. The number of hydrogen-bond donors (Lipinski definition) is 0. The highest BCUT2D eigenvalue weighted by Crippen LogP contribution is 2.50. The van der Waals surface area contributed by atoms with Gasteiger partial charge in [0.05, 0.1) is 0 Å². The van der Waals surface area contributed by atoms with Gasteiger partial charge in [-0.25, -0.2) is 0 Å². The van der Waals surface area contributed by atoms with Crippen LogP contribution in [0.3, 0.4) is 0 Å². The second kappa shape index (κ2) is 4.51. The van der Waals surface area contributed by atoms with Crippen molar-refractivity contribution in [2.45, 2.75) is 32.6 Å². The maximum absolute atomic E-state index is 6.29. The molecule has 3 aromatic carbocycles. The lowest BCUT2D eigenvalue weighted by Crippen LogP contribution is -2.14. The molecule has 0 radical (unpaired) electrons. The molecule has 1 aliphatic rings. The Balaban J connectivity index is 1.92. The van der Waals surface area contributed by atoms with Crippen LogP contribution in [0, 0.1) is 0 Å². The smallest absolute Gasteiger partial charge is 0.138 e. The van der Waals surface area contributed by atoms with E-state index in [9.17, 15) is 0 Å². The Morgan fingerprint density at radius 3 is 2.50 bits per heavy atom. The first-order valence-electron chi connectivity index (χ1n) is 8.69. The standard InChI is InChI=1S/C23H20O/c1-4-14-8-7-10-16-18-12-17-15-9-5-6-11-19(15)23(2,3)20(17)13-21(18)24-22(14)16/h5-13H,4H2,1-3H3. The Morgan fingerprint density at radius 2 is 1.67 bits per heavy atom. The number of furan rings is 1. The molecule has 0 unspecified atom stereocenters. The Labute approximate surface area is 141 Å². The number of fused-ring (bicyclic) bond motifs is 6. The lowest BCUT2D eigenvalue weighted by atomic mass is 9.82. The normalized spacial score (nSPS) is 15.0. The molecule has 1 heterocycles. The van der Waals surface area contributed by atoms with Crippen LogP contribution in [-0.4, -0.2) is 0 Å². The molecule has 4 aromatic rings. The summed E-state index contributed by atoms with van der Waals surface area (Å²) >= 11 is 0. The van der Waals surface area contributed by atoms with E-state index >= 15 is 0 Å². The summed E-state index contributed by atoms with van der Waals surface area (Å²) in [5, 5.41) is 2.46. The van der Waals surface area contributed by atoms with Crippen LogP contribution in [0.2, 0.25) is 0 Å². The lowest BCUT2D eigenvalue weighted by Gasteiger charge is -2.21. The third-order valence-corrected chi connectivity index (χ3v) is 5.66. The summed E-state index contributed by atoms with van der Waals surface area (Å²) in [4.78, 5) is 0. The van der Waals surface area contributed by atoms with Gasteiger partial charge in [0.1, 0.15) is 11.2 Å². The van der Waals surface area contributed by atoms with Gasteiger partial charge in [-0.2, -0.15) is 0 Å². The largest absolute Gasteiger partial charge is 0.456 e. The fourth-order valence-electron chi connectivity index (χ4n) is 4.33. The Morgan fingerprint density at radius 1 is 0.833 bits per heavy atom. The molecule has 118 valence electrons. The summed E-state index contributed by atoms with van der Waals surface area (Å²) in [5.74, 6) is 0. The molecule has 0 saturated carbocycles. The van der Waals surface area contributed by atoms with Crippen LogP contribution in [0.1, 0.15) is 37.5 Å². The second-order valence-corrected chi connectivity index (χ2v) is 7.31. The summed E-state index contributed by atoms with van der Waals surface area (Å²) in [6.07, 6.45) is 0.991. The monoisotopic (exact) mass is 312 g/mol. The van der Waals surface area contributed by atoms with Crippen molar-refractivity contribution in [3.63, 3.8) is 0 Å². The topological polar surface area (TPSA) is 13.1 Å². The molecule has 0 saturated heterocycles. The zero-order valence-corrected chi connectivity index (χ0v) is 14.3. The Hall–Kier alpha value is -2.54. The summed E-state index contributed by atoms with van der Waals surface area (Å²) in [6.45, 7) is 6.80. The van der Waals surface area contributed by atoms with Gasteiger partial charge in [0.15, 0.2) is 0 Å². The molecule has 1 aromatic heterocycles. The first-order chi connectivity index (χ1) is 11.6. The van der Waals surface area contributed by atoms with E-state index in [0.717, 1.165) is 17.6 Å². The molecular weight excluding hydrogens is 292 g/mol. The molecule has 24 heavy (non-hydrogen) atoms. The van der Waals surface area contributed by atoms with E-state index in [0.29, 0.717) is 0 Å². The minimum Gasteiger partial charge on any atom is -0.456 e. The van der Waals surface area contributed by atoms with Crippen LogP contribution in [0.4, 0.5) is 0 Å². The Kier molecular flexibility index (Phi) is 2.60. The van der Waals surface area contributed by atoms with Crippen LogP contribution in [0.5, 0.6) is 0 Å². The molecule has 0 atom stereocenters. The summed E-state index contributed by atoms with van der Waals surface area (Å²) in [5.41, 5.74) is 8.85. The molecule has 0 bridgehead atoms. The van der Waals surface area contributed by atoms with Gasteiger partial charge in [-0.1, -0.05) is 63.2 Å². The van der Waals surface area contributed by atoms with Crippen molar-refractivity contribution < 1.29 is 4.42 Å². The van der Waals surface area contributed by atoms with E-state index < -0.39 is 0 Å². The molecular formula is C23H20O. The van der Waals surface area contributed by atoms with Crippen LogP contribution < -0.4 is 0 Å². The highest BCUT2D eigenvalue weighted by atomic mass is 16.3. The van der Waals surface area contributed by atoms with E-state index in [1.807, 2.05) is 0 Å². The zero-order valence-electron chi connectivity index (χ0n) is 14.3. The minimum absolute atomic E-state index is 0.0205. The first-order valence-corrected chi connectivity index (χ1v) is 8.69. The Bertz CT molecular complexity index is 1110. The van der Waals surface area contributed by atoms with Crippen LogP contribution in [0.25, 0.3) is 33.1 Å². The fraction of sp³-hybridized carbons (Fsp3) is 0.217. The van der Waals surface area contributed by atoms with Gasteiger partial charge in [-0.3, -0.25) is 0 Å². The SMILES string of the molecule is CCc1cccc2c1oc1cc3c(cc12)-c1ccccc1C3(C)C. The molecule has 0 aliphatic heterocycles. The van der Waals surface area contributed by atoms with Crippen molar-refractivity contribution in [2.24, 2.45) is 0 Å². The maximum atomic E-state index is 6.29. The molecule has 1 aliphatic carbocycles. The van der Waals surface area contributed by atoms with E-state index in [1.165, 1.54) is 38.6 Å². The van der Waals surface area contributed by atoms with E-state index in [1.54, 1.807) is 0 Å². The fourth-order valence-corrected chi connectivity index (χ4v) is 4.33. The average molecular weight is 312 g/mol. The number of rotatable bonds is 1. The number of para-hydroxylation sites is 1. The minimum atomic E-state index is 0.0205. The van der Waals surface area contributed by atoms with Gasteiger partial charge in [0.2, 0.25) is 0 Å². The second-order valence-electron chi connectivity index (χ2n) is 7.31.